The van der Waals surface area contributed by atoms with Gasteiger partial charge in [0.2, 0.25) is 0 Å². The molecule has 0 radical (unpaired) electrons. The molecule has 1 saturated heterocycles. The molecular formula is C28H30N2O2. The Morgan fingerprint density at radius 2 is 1.50 bits per heavy atom. The van der Waals surface area contributed by atoms with E-state index in [-0.39, 0.29) is 6.23 Å². The number of rotatable bonds is 7. The van der Waals surface area contributed by atoms with Crippen molar-refractivity contribution in [2.24, 2.45) is 0 Å². The molecule has 0 aromatic heterocycles. The van der Waals surface area contributed by atoms with Gasteiger partial charge in [0, 0.05) is 31.7 Å². The van der Waals surface area contributed by atoms with E-state index in [1.807, 2.05) is 78.9 Å². The highest BCUT2D eigenvalue weighted by molar-refractivity contribution is 5.34. The van der Waals surface area contributed by atoms with Gasteiger partial charge < -0.3 is 9.47 Å². The molecule has 1 aliphatic heterocycles. The van der Waals surface area contributed by atoms with E-state index in [9.17, 15) is 0 Å². The van der Waals surface area contributed by atoms with Gasteiger partial charge >= 0.3 is 0 Å². The number of nitrogens with zero attached hydrogens (tertiary/aromatic N) is 2. The van der Waals surface area contributed by atoms with Gasteiger partial charge in [-0.05, 0) is 48.9 Å². The first-order chi connectivity index (χ1) is 15.8. The minimum atomic E-state index is 0.0752. The van der Waals surface area contributed by atoms with Gasteiger partial charge in [0.15, 0.2) is 0 Å². The summed E-state index contributed by atoms with van der Waals surface area (Å²) in [6.45, 7) is 7.52. The van der Waals surface area contributed by atoms with Crippen molar-refractivity contribution in [3.05, 3.63) is 96.1 Å². The summed E-state index contributed by atoms with van der Waals surface area (Å²) in [5.41, 5.74) is 2.19. The zero-order valence-electron chi connectivity index (χ0n) is 18.6. The average molecular weight is 427 g/mol. The zero-order valence-corrected chi connectivity index (χ0v) is 18.6. The van der Waals surface area contributed by atoms with Crippen molar-refractivity contribution in [1.82, 2.24) is 9.80 Å². The summed E-state index contributed by atoms with van der Waals surface area (Å²) in [6, 6.07) is 28.1. The van der Waals surface area contributed by atoms with Gasteiger partial charge in [-0.1, -0.05) is 60.4 Å². The molecule has 0 saturated carbocycles. The topological polar surface area (TPSA) is 24.9 Å². The second kappa shape index (κ2) is 11.5. The van der Waals surface area contributed by atoms with Crippen LogP contribution >= 0.6 is 0 Å². The van der Waals surface area contributed by atoms with Gasteiger partial charge in [-0.2, -0.15) is 0 Å². The summed E-state index contributed by atoms with van der Waals surface area (Å²) in [5, 5.41) is 0. The largest absolute Gasteiger partial charge is 0.457 e. The Labute approximate surface area is 191 Å². The van der Waals surface area contributed by atoms with Gasteiger partial charge in [-0.15, -0.1) is 0 Å². The lowest BCUT2D eigenvalue weighted by Crippen LogP contribution is -2.50. The molecule has 32 heavy (non-hydrogen) atoms. The summed E-state index contributed by atoms with van der Waals surface area (Å²) in [6.07, 6.45) is 0.0752. The maximum absolute atomic E-state index is 6.17. The third-order valence-electron chi connectivity index (χ3n) is 5.60. The van der Waals surface area contributed by atoms with E-state index in [1.165, 1.54) is 0 Å². The van der Waals surface area contributed by atoms with E-state index in [2.05, 4.69) is 34.6 Å². The number of piperazine rings is 1. The zero-order chi connectivity index (χ0) is 22.0. The first kappa shape index (κ1) is 22.1. The van der Waals surface area contributed by atoms with E-state index in [1.54, 1.807) is 0 Å². The van der Waals surface area contributed by atoms with Crippen molar-refractivity contribution in [2.75, 3.05) is 32.7 Å². The van der Waals surface area contributed by atoms with E-state index < -0.39 is 0 Å². The van der Waals surface area contributed by atoms with E-state index in [4.69, 9.17) is 9.47 Å². The summed E-state index contributed by atoms with van der Waals surface area (Å²) in [7, 11) is 0. The van der Waals surface area contributed by atoms with E-state index in [0.717, 1.165) is 55.3 Å². The van der Waals surface area contributed by atoms with Crippen molar-refractivity contribution < 1.29 is 9.47 Å². The van der Waals surface area contributed by atoms with Gasteiger partial charge in [0.1, 0.15) is 17.7 Å². The molecule has 4 heteroatoms. The predicted molar refractivity (Wildman–Crippen MR) is 129 cm³/mol. The number of hydrogen-bond donors (Lipinski definition) is 0. The minimum Gasteiger partial charge on any atom is -0.457 e. The smallest absolute Gasteiger partial charge is 0.127 e. The second-order valence-electron chi connectivity index (χ2n) is 7.95. The van der Waals surface area contributed by atoms with Gasteiger partial charge in [-0.25, -0.2) is 0 Å². The Hall–Kier alpha value is -3.10. The van der Waals surface area contributed by atoms with E-state index in [0.29, 0.717) is 6.61 Å². The summed E-state index contributed by atoms with van der Waals surface area (Å²) < 4.78 is 12.1. The van der Waals surface area contributed by atoms with Crippen molar-refractivity contribution >= 4 is 0 Å². The standard InChI is InChI=1S/C28H30N2O2/c1-24(30-20-18-29(19-21-30)17-9-13-25-10-4-2-5-11-25)31-23-26-12-8-16-28(22-26)32-27-14-6-3-7-15-27/h2-8,10-12,14-16,22,24H,17-21,23H2,1H3. The van der Waals surface area contributed by atoms with Crippen LogP contribution in [-0.4, -0.2) is 48.8 Å². The Morgan fingerprint density at radius 3 is 2.25 bits per heavy atom. The fraction of sp³-hybridized carbons (Fsp3) is 0.286. The lowest BCUT2D eigenvalue weighted by Gasteiger charge is -2.37. The summed E-state index contributed by atoms with van der Waals surface area (Å²) in [4.78, 5) is 4.80. The second-order valence-corrected chi connectivity index (χ2v) is 7.95. The predicted octanol–water partition coefficient (Wildman–Crippen LogP) is 5.01. The van der Waals surface area contributed by atoms with Crippen LogP contribution in [0.25, 0.3) is 0 Å². The van der Waals surface area contributed by atoms with E-state index >= 15 is 0 Å². The lowest BCUT2D eigenvalue weighted by molar-refractivity contribution is -0.0719. The highest BCUT2D eigenvalue weighted by Crippen LogP contribution is 2.22. The highest BCUT2D eigenvalue weighted by Gasteiger charge is 2.21. The summed E-state index contributed by atoms with van der Waals surface area (Å²) in [5.74, 6) is 8.21. The molecule has 1 atom stereocenters. The van der Waals surface area contributed by atoms with Crippen LogP contribution in [0, 0.1) is 11.8 Å². The van der Waals surface area contributed by atoms with Crippen LogP contribution in [0.5, 0.6) is 11.5 Å². The van der Waals surface area contributed by atoms with Gasteiger partial charge in [0.05, 0.1) is 13.2 Å². The van der Waals surface area contributed by atoms with Crippen molar-refractivity contribution in [3.63, 3.8) is 0 Å². The van der Waals surface area contributed by atoms with Crippen LogP contribution in [0.3, 0.4) is 0 Å². The molecule has 3 aromatic rings. The SMILES string of the molecule is CC(OCc1cccc(Oc2ccccc2)c1)N1CCN(CC#Cc2ccccc2)CC1. The highest BCUT2D eigenvalue weighted by atomic mass is 16.5. The maximum atomic E-state index is 6.17. The van der Waals surface area contributed by atoms with Crippen LogP contribution in [0.1, 0.15) is 18.1 Å². The van der Waals surface area contributed by atoms with Crippen LogP contribution in [0.2, 0.25) is 0 Å². The maximum Gasteiger partial charge on any atom is 0.127 e. The number of hydrogen-bond acceptors (Lipinski definition) is 4. The monoisotopic (exact) mass is 426 g/mol. The lowest BCUT2D eigenvalue weighted by atomic mass is 10.2. The van der Waals surface area contributed by atoms with Crippen LogP contribution in [0.15, 0.2) is 84.9 Å². The van der Waals surface area contributed by atoms with Gasteiger partial charge in [0.25, 0.3) is 0 Å². The molecule has 0 aliphatic carbocycles. The molecular weight excluding hydrogens is 396 g/mol. The third kappa shape index (κ3) is 6.70. The molecule has 0 amide bonds. The molecule has 1 fully saturated rings. The van der Waals surface area contributed by atoms with Crippen molar-refractivity contribution in [2.45, 2.75) is 19.8 Å². The van der Waals surface area contributed by atoms with Crippen LogP contribution in [-0.2, 0) is 11.3 Å². The molecule has 4 nitrogen and oxygen atoms in total. The molecule has 0 N–H and O–H groups in total. The number of ether oxygens (including phenoxy) is 2. The van der Waals surface area contributed by atoms with Crippen molar-refractivity contribution in [3.8, 4) is 23.3 Å². The first-order valence-electron chi connectivity index (χ1n) is 11.2. The molecule has 1 unspecified atom stereocenters. The Bertz CT molecular complexity index is 1020. The first-order valence-corrected chi connectivity index (χ1v) is 11.2. The van der Waals surface area contributed by atoms with Crippen LogP contribution in [0.4, 0.5) is 0 Å². The molecule has 4 rings (SSSR count). The van der Waals surface area contributed by atoms with Crippen LogP contribution < -0.4 is 4.74 Å². The Kier molecular flexibility index (Phi) is 7.94. The Morgan fingerprint density at radius 1 is 0.812 bits per heavy atom. The fourth-order valence-corrected chi connectivity index (χ4v) is 3.71. The number of benzene rings is 3. The molecule has 3 aromatic carbocycles. The fourth-order valence-electron chi connectivity index (χ4n) is 3.71. The Balaban J connectivity index is 1.20. The van der Waals surface area contributed by atoms with Gasteiger partial charge in [-0.3, -0.25) is 9.80 Å². The molecule has 164 valence electrons. The molecule has 0 bridgehead atoms. The van der Waals surface area contributed by atoms with Crippen molar-refractivity contribution in [1.29, 1.82) is 0 Å². The quantitative estimate of drug-likeness (QED) is 0.496. The number of para-hydroxylation sites is 1. The summed E-state index contributed by atoms with van der Waals surface area (Å²) >= 11 is 0. The normalized spacial score (nSPS) is 15.5. The molecule has 1 heterocycles. The third-order valence-corrected chi connectivity index (χ3v) is 5.60. The average Bonchev–Trinajstić information content (AvgIpc) is 2.84. The molecule has 0 spiro atoms. The minimum absolute atomic E-state index is 0.0752. The molecule has 1 aliphatic rings.